The predicted molar refractivity (Wildman–Crippen MR) is 54.4 cm³/mol. The van der Waals surface area contributed by atoms with E-state index in [0.29, 0.717) is 6.17 Å². The van der Waals surface area contributed by atoms with Crippen molar-refractivity contribution < 1.29 is 4.79 Å². The number of carbonyl (C=O) groups is 1. The van der Waals surface area contributed by atoms with Crippen molar-refractivity contribution in [3.63, 3.8) is 0 Å². The lowest BCUT2D eigenvalue weighted by Crippen LogP contribution is -2.48. The maximum Gasteiger partial charge on any atom is 0.233 e. The Bertz CT molecular complexity index is 167. The molecule has 0 rings (SSSR count). The summed E-state index contributed by atoms with van der Waals surface area (Å²) in [5.74, 6) is 0.0428. The molecule has 0 saturated carbocycles. The molecule has 12 heavy (non-hydrogen) atoms. The van der Waals surface area contributed by atoms with Crippen molar-refractivity contribution in [3.8, 4) is 0 Å². The van der Waals surface area contributed by atoms with E-state index in [9.17, 15) is 4.79 Å². The normalized spacial score (nSPS) is 11.9. The largest absolute Gasteiger partial charge is 0.278 e. The maximum absolute atomic E-state index is 11.1. The summed E-state index contributed by atoms with van der Waals surface area (Å²) in [7, 11) is 1.98. The third-order valence-corrected chi connectivity index (χ3v) is 2.78. The molecule has 5 heteroatoms. The summed E-state index contributed by atoms with van der Waals surface area (Å²) in [5, 5.41) is 3.44. The summed E-state index contributed by atoms with van der Waals surface area (Å²) in [4.78, 5) is 11.1. The van der Waals surface area contributed by atoms with E-state index in [1.165, 1.54) is 0 Å². The van der Waals surface area contributed by atoms with Crippen LogP contribution in [0.2, 0.25) is 13.1 Å². The van der Waals surface area contributed by atoms with Crippen LogP contribution >= 0.6 is 11.1 Å². The molecule has 0 unspecified atom stereocenters. The number of amides is 1. The van der Waals surface area contributed by atoms with Crippen LogP contribution in [0.1, 0.15) is 6.92 Å². The van der Waals surface area contributed by atoms with Crippen molar-refractivity contribution in [2.45, 2.75) is 20.0 Å². The third-order valence-electron chi connectivity index (χ3n) is 1.37. The zero-order valence-electron chi connectivity index (χ0n) is 8.39. The first-order valence-electron chi connectivity index (χ1n) is 3.88. The van der Waals surface area contributed by atoms with E-state index in [2.05, 4.69) is 0 Å². The van der Waals surface area contributed by atoms with Gasteiger partial charge in [-0.1, -0.05) is 13.1 Å². The molecule has 0 aromatic carbocycles. The van der Waals surface area contributed by atoms with E-state index < -0.39 is 7.38 Å². The highest BCUT2D eigenvalue weighted by atomic mass is 35.6. The molecule has 0 saturated heterocycles. The van der Waals surface area contributed by atoms with Crippen LogP contribution in [0.4, 0.5) is 0 Å². The smallest absolute Gasteiger partial charge is 0.233 e. The average Bonchev–Trinajstić information content (AvgIpc) is 1.79. The number of hydrogen-bond donors (Lipinski definition) is 0. The molecule has 72 valence electrons. The zero-order valence-corrected chi connectivity index (χ0v) is 10.1. The van der Waals surface area contributed by atoms with Crippen LogP contribution < -0.4 is 0 Å². The molecule has 0 atom stereocenters. The van der Waals surface area contributed by atoms with Crippen molar-refractivity contribution in [1.29, 1.82) is 0 Å². The highest BCUT2D eigenvalue weighted by Gasteiger charge is 2.24. The Kier molecular flexibility index (Phi) is 4.23. The van der Waals surface area contributed by atoms with E-state index in [-0.39, 0.29) is 5.91 Å². The van der Waals surface area contributed by atoms with Crippen molar-refractivity contribution >= 4 is 24.4 Å². The Morgan fingerprint density at radius 2 is 1.83 bits per heavy atom. The van der Waals surface area contributed by atoms with E-state index in [4.69, 9.17) is 11.1 Å². The third kappa shape index (κ3) is 4.74. The van der Waals surface area contributed by atoms with Gasteiger partial charge in [-0.2, -0.15) is 11.1 Å². The second kappa shape index (κ2) is 4.25. The van der Waals surface area contributed by atoms with E-state index in [1.807, 2.05) is 27.2 Å². The first-order chi connectivity index (χ1) is 5.24. The van der Waals surface area contributed by atoms with Crippen LogP contribution in [0.3, 0.4) is 0 Å². The van der Waals surface area contributed by atoms with Gasteiger partial charge in [-0.3, -0.25) is 9.80 Å². The summed E-state index contributed by atoms with van der Waals surface area (Å²) in [6, 6.07) is 0. The molecule has 3 nitrogen and oxygen atoms in total. The number of rotatable bonds is 3. The van der Waals surface area contributed by atoms with Crippen LogP contribution in [-0.4, -0.2) is 43.6 Å². The molecule has 0 bridgehead atoms. The number of hydrogen-bond acceptors (Lipinski definition) is 2. The van der Waals surface area contributed by atoms with Gasteiger partial charge in [-0.05, 0) is 0 Å². The van der Waals surface area contributed by atoms with Crippen molar-refractivity contribution in [2.24, 2.45) is 0 Å². The van der Waals surface area contributed by atoms with Crippen LogP contribution in [-0.2, 0) is 4.79 Å². The van der Waals surface area contributed by atoms with E-state index in [1.54, 1.807) is 16.9 Å². The Morgan fingerprint density at radius 3 is 1.92 bits per heavy atom. The molecule has 0 radical (unpaired) electrons. The second-order valence-electron chi connectivity index (χ2n) is 3.64. The first kappa shape index (κ1) is 11.9. The lowest BCUT2D eigenvalue weighted by Gasteiger charge is -2.31. The standard InChI is InChI=1S/C7H17ClN2OSi/c1-7(11)10(9(2)3)6-12(4,5)8/h6H2,1-5H3. The Balaban J connectivity index is 4.25. The number of halogens is 1. The molecule has 0 aromatic heterocycles. The number of nitrogens with zero attached hydrogens (tertiary/aromatic N) is 2. The van der Waals surface area contributed by atoms with Gasteiger partial charge in [0, 0.05) is 27.2 Å². The van der Waals surface area contributed by atoms with Crippen molar-refractivity contribution in [3.05, 3.63) is 0 Å². The van der Waals surface area contributed by atoms with E-state index >= 15 is 0 Å². The molecule has 0 aromatic rings. The fourth-order valence-electron chi connectivity index (χ4n) is 0.891. The number of hydrazine groups is 1. The van der Waals surface area contributed by atoms with Crippen molar-refractivity contribution in [2.75, 3.05) is 20.3 Å². The summed E-state index contributed by atoms with van der Waals surface area (Å²) in [6.07, 6.45) is 0.664. The van der Waals surface area contributed by atoms with Crippen molar-refractivity contribution in [1.82, 2.24) is 10.0 Å². The van der Waals surface area contributed by atoms with Crippen LogP contribution in [0.25, 0.3) is 0 Å². The van der Waals surface area contributed by atoms with Gasteiger partial charge < -0.3 is 0 Å². The summed E-state index contributed by atoms with van der Waals surface area (Å²) in [5.41, 5.74) is 0. The quantitative estimate of drug-likeness (QED) is 0.397. The van der Waals surface area contributed by atoms with Crippen LogP contribution in [0.5, 0.6) is 0 Å². The van der Waals surface area contributed by atoms with Gasteiger partial charge in [0.25, 0.3) is 0 Å². The van der Waals surface area contributed by atoms with Gasteiger partial charge in [0.2, 0.25) is 5.91 Å². The summed E-state index contributed by atoms with van der Waals surface area (Å²) < 4.78 is 0. The van der Waals surface area contributed by atoms with Crippen LogP contribution in [0, 0.1) is 0 Å². The molecule has 0 aliphatic heterocycles. The fourth-order valence-corrected chi connectivity index (χ4v) is 2.45. The molecule has 0 aliphatic rings. The molecule has 1 amide bonds. The van der Waals surface area contributed by atoms with Gasteiger partial charge in [0.15, 0.2) is 7.38 Å². The monoisotopic (exact) mass is 208 g/mol. The van der Waals surface area contributed by atoms with E-state index in [0.717, 1.165) is 0 Å². The zero-order chi connectivity index (χ0) is 9.94. The Hall–Kier alpha value is -0.0631. The van der Waals surface area contributed by atoms with Crippen LogP contribution in [0.15, 0.2) is 0 Å². The molecule has 0 aliphatic carbocycles. The SMILES string of the molecule is CC(=O)N(C[Si](C)(C)Cl)N(C)C. The molecule has 0 N–H and O–H groups in total. The predicted octanol–water partition coefficient (Wildman–Crippen LogP) is 1.29. The Labute approximate surface area is 80.0 Å². The van der Waals surface area contributed by atoms with Gasteiger partial charge in [-0.15, -0.1) is 0 Å². The van der Waals surface area contributed by atoms with Gasteiger partial charge in [0.1, 0.15) is 0 Å². The minimum absolute atomic E-state index is 0.0428. The first-order valence-corrected chi connectivity index (χ1v) is 8.10. The lowest BCUT2D eigenvalue weighted by atomic mass is 10.7. The lowest BCUT2D eigenvalue weighted by molar-refractivity contribution is -0.140. The van der Waals surface area contributed by atoms with Gasteiger partial charge in [-0.25, -0.2) is 5.01 Å². The highest BCUT2D eigenvalue weighted by molar-refractivity contribution is 7.19. The molecular formula is C7H17ClN2OSi. The molecule has 0 spiro atoms. The van der Waals surface area contributed by atoms with Gasteiger partial charge >= 0.3 is 0 Å². The summed E-state index contributed by atoms with van der Waals surface area (Å²) >= 11 is 6.13. The minimum atomic E-state index is -1.71. The molecule has 0 heterocycles. The maximum atomic E-state index is 11.1. The molecule has 0 fully saturated rings. The summed E-state index contributed by atoms with van der Waals surface area (Å²) in [6.45, 7) is 5.60. The Morgan fingerprint density at radius 1 is 1.42 bits per heavy atom. The number of carbonyl (C=O) groups excluding carboxylic acids is 1. The van der Waals surface area contributed by atoms with Gasteiger partial charge in [0.05, 0.1) is 0 Å². The topological polar surface area (TPSA) is 23.6 Å². The molecular weight excluding hydrogens is 192 g/mol. The second-order valence-corrected chi connectivity index (χ2v) is 10.5. The minimum Gasteiger partial charge on any atom is -0.278 e. The average molecular weight is 209 g/mol. The fraction of sp³-hybridized carbons (Fsp3) is 0.857. The highest BCUT2D eigenvalue weighted by Crippen LogP contribution is 2.10.